The van der Waals surface area contributed by atoms with Gasteiger partial charge in [0.25, 0.3) is 5.91 Å². The fourth-order valence-corrected chi connectivity index (χ4v) is 1.96. The standard InChI is InChI=1S/C12H17NO3/c1-2-13(7-10-3-5-15-8-10)12(14)11-4-6-16-9-11/h4,6,9-10H,2-3,5,7-8H2,1H3. The Labute approximate surface area is 95.2 Å². The molecule has 16 heavy (non-hydrogen) atoms. The highest BCUT2D eigenvalue weighted by atomic mass is 16.5. The molecule has 1 aliphatic rings. The van der Waals surface area contributed by atoms with E-state index < -0.39 is 0 Å². The lowest BCUT2D eigenvalue weighted by molar-refractivity contribution is 0.0730. The molecule has 4 nitrogen and oxygen atoms in total. The summed E-state index contributed by atoms with van der Waals surface area (Å²) >= 11 is 0. The summed E-state index contributed by atoms with van der Waals surface area (Å²) < 4.78 is 10.2. The van der Waals surface area contributed by atoms with Crippen LogP contribution < -0.4 is 0 Å². The van der Waals surface area contributed by atoms with Crippen LogP contribution in [0.15, 0.2) is 23.0 Å². The molecule has 0 N–H and O–H groups in total. The molecular formula is C12H17NO3. The van der Waals surface area contributed by atoms with E-state index in [4.69, 9.17) is 9.15 Å². The highest BCUT2D eigenvalue weighted by Gasteiger charge is 2.22. The van der Waals surface area contributed by atoms with Crippen LogP contribution >= 0.6 is 0 Å². The Morgan fingerprint density at radius 3 is 3.06 bits per heavy atom. The SMILES string of the molecule is CCN(CC1CCOC1)C(=O)c1ccoc1. The molecule has 2 rings (SSSR count). The molecule has 4 heteroatoms. The average Bonchev–Trinajstić information content (AvgIpc) is 2.97. The highest BCUT2D eigenvalue weighted by Crippen LogP contribution is 2.15. The predicted octanol–water partition coefficient (Wildman–Crippen LogP) is 1.78. The molecule has 0 spiro atoms. The number of rotatable bonds is 4. The number of hydrogen-bond acceptors (Lipinski definition) is 3. The van der Waals surface area contributed by atoms with Crippen LogP contribution in [0.5, 0.6) is 0 Å². The van der Waals surface area contributed by atoms with E-state index in [0.717, 1.165) is 32.7 Å². The van der Waals surface area contributed by atoms with Crippen molar-refractivity contribution < 1.29 is 13.9 Å². The van der Waals surface area contributed by atoms with Crippen LogP contribution in [0, 0.1) is 5.92 Å². The molecule has 1 amide bonds. The van der Waals surface area contributed by atoms with Crippen molar-refractivity contribution in [2.75, 3.05) is 26.3 Å². The molecule has 0 saturated carbocycles. The monoisotopic (exact) mass is 223 g/mol. The lowest BCUT2D eigenvalue weighted by atomic mass is 10.1. The van der Waals surface area contributed by atoms with Gasteiger partial charge in [0, 0.05) is 25.6 Å². The second kappa shape index (κ2) is 5.16. The van der Waals surface area contributed by atoms with Gasteiger partial charge in [-0.05, 0) is 19.4 Å². The number of carbonyl (C=O) groups excluding carboxylic acids is 1. The normalized spacial score (nSPS) is 19.9. The molecule has 1 aromatic rings. The minimum atomic E-state index is 0.0446. The van der Waals surface area contributed by atoms with Crippen LogP contribution in [0.1, 0.15) is 23.7 Å². The second-order valence-corrected chi connectivity index (χ2v) is 4.09. The minimum Gasteiger partial charge on any atom is -0.472 e. The van der Waals surface area contributed by atoms with Gasteiger partial charge in [0.05, 0.1) is 18.4 Å². The lowest BCUT2D eigenvalue weighted by Gasteiger charge is -2.23. The van der Waals surface area contributed by atoms with E-state index in [1.807, 2.05) is 11.8 Å². The molecule has 1 unspecified atom stereocenters. The molecule has 0 aliphatic carbocycles. The molecule has 0 radical (unpaired) electrons. The van der Waals surface area contributed by atoms with E-state index >= 15 is 0 Å². The third-order valence-corrected chi connectivity index (χ3v) is 2.94. The lowest BCUT2D eigenvalue weighted by Crippen LogP contribution is -2.35. The molecule has 1 aromatic heterocycles. The van der Waals surface area contributed by atoms with Gasteiger partial charge in [0.15, 0.2) is 0 Å². The van der Waals surface area contributed by atoms with Crippen molar-refractivity contribution in [2.24, 2.45) is 5.92 Å². The van der Waals surface area contributed by atoms with Crippen molar-refractivity contribution in [3.63, 3.8) is 0 Å². The molecular weight excluding hydrogens is 206 g/mol. The minimum absolute atomic E-state index is 0.0446. The van der Waals surface area contributed by atoms with Crippen molar-refractivity contribution in [1.29, 1.82) is 0 Å². The van der Waals surface area contributed by atoms with Crippen LogP contribution in [-0.2, 0) is 4.74 Å². The second-order valence-electron chi connectivity index (χ2n) is 4.09. The van der Waals surface area contributed by atoms with Gasteiger partial charge in [0.1, 0.15) is 6.26 Å². The zero-order valence-corrected chi connectivity index (χ0v) is 9.52. The molecule has 0 aromatic carbocycles. The quantitative estimate of drug-likeness (QED) is 0.781. The van der Waals surface area contributed by atoms with E-state index in [1.165, 1.54) is 12.5 Å². The van der Waals surface area contributed by atoms with Gasteiger partial charge in [0.2, 0.25) is 0 Å². The maximum absolute atomic E-state index is 12.0. The summed E-state index contributed by atoms with van der Waals surface area (Å²) in [5, 5.41) is 0. The van der Waals surface area contributed by atoms with E-state index in [9.17, 15) is 4.79 Å². The summed E-state index contributed by atoms with van der Waals surface area (Å²) in [6, 6.07) is 1.70. The number of amides is 1. The molecule has 2 heterocycles. The summed E-state index contributed by atoms with van der Waals surface area (Å²) in [6.07, 6.45) is 4.07. The van der Waals surface area contributed by atoms with Crippen molar-refractivity contribution >= 4 is 5.91 Å². The fourth-order valence-electron chi connectivity index (χ4n) is 1.96. The first kappa shape index (κ1) is 11.2. The number of furan rings is 1. The van der Waals surface area contributed by atoms with E-state index in [0.29, 0.717) is 11.5 Å². The van der Waals surface area contributed by atoms with Crippen molar-refractivity contribution in [2.45, 2.75) is 13.3 Å². The smallest absolute Gasteiger partial charge is 0.257 e. The zero-order valence-electron chi connectivity index (χ0n) is 9.52. The Morgan fingerprint density at radius 2 is 2.50 bits per heavy atom. The number of ether oxygens (including phenoxy) is 1. The number of carbonyl (C=O) groups is 1. The Hall–Kier alpha value is -1.29. The van der Waals surface area contributed by atoms with Gasteiger partial charge >= 0.3 is 0 Å². The number of hydrogen-bond donors (Lipinski definition) is 0. The molecule has 1 saturated heterocycles. The maximum atomic E-state index is 12.0. The Morgan fingerprint density at radius 1 is 1.62 bits per heavy atom. The van der Waals surface area contributed by atoms with Crippen LogP contribution in [0.25, 0.3) is 0 Å². The Bertz CT molecular complexity index is 328. The highest BCUT2D eigenvalue weighted by molar-refractivity contribution is 5.93. The first-order chi connectivity index (χ1) is 7.81. The zero-order chi connectivity index (χ0) is 11.4. The van der Waals surface area contributed by atoms with Crippen molar-refractivity contribution in [1.82, 2.24) is 4.90 Å². The molecule has 0 bridgehead atoms. The molecule has 88 valence electrons. The van der Waals surface area contributed by atoms with E-state index in [1.54, 1.807) is 6.07 Å². The van der Waals surface area contributed by atoms with Gasteiger partial charge in [-0.3, -0.25) is 4.79 Å². The summed E-state index contributed by atoms with van der Waals surface area (Å²) in [6.45, 7) is 5.09. The first-order valence-corrected chi connectivity index (χ1v) is 5.70. The molecule has 1 atom stereocenters. The van der Waals surface area contributed by atoms with E-state index in [2.05, 4.69) is 0 Å². The Kier molecular flexibility index (Phi) is 3.62. The van der Waals surface area contributed by atoms with Gasteiger partial charge < -0.3 is 14.1 Å². The molecule has 1 aliphatic heterocycles. The summed E-state index contributed by atoms with van der Waals surface area (Å²) in [4.78, 5) is 13.9. The average molecular weight is 223 g/mol. The topological polar surface area (TPSA) is 42.7 Å². The van der Waals surface area contributed by atoms with Gasteiger partial charge in [-0.15, -0.1) is 0 Å². The largest absolute Gasteiger partial charge is 0.472 e. The fraction of sp³-hybridized carbons (Fsp3) is 0.583. The van der Waals surface area contributed by atoms with Crippen LogP contribution in [-0.4, -0.2) is 37.1 Å². The van der Waals surface area contributed by atoms with Gasteiger partial charge in [-0.25, -0.2) is 0 Å². The van der Waals surface area contributed by atoms with Crippen LogP contribution in [0.2, 0.25) is 0 Å². The summed E-state index contributed by atoms with van der Waals surface area (Å²) in [5.74, 6) is 0.527. The van der Waals surface area contributed by atoms with Gasteiger partial charge in [-0.2, -0.15) is 0 Å². The maximum Gasteiger partial charge on any atom is 0.257 e. The first-order valence-electron chi connectivity index (χ1n) is 5.70. The van der Waals surface area contributed by atoms with Crippen molar-refractivity contribution in [3.8, 4) is 0 Å². The van der Waals surface area contributed by atoms with Gasteiger partial charge in [-0.1, -0.05) is 0 Å². The van der Waals surface area contributed by atoms with Crippen molar-refractivity contribution in [3.05, 3.63) is 24.2 Å². The van der Waals surface area contributed by atoms with Crippen LogP contribution in [0.4, 0.5) is 0 Å². The molecule has 1 fully saturated rings. The summed E-state index contributed by atoms with van der Waals surface area (Å²) in [5.41, 5.74) is 0.626. The van der Waals surface area contributed by atoms with Crippen LogP contribution in [0.3, 0.4) is 0 Å². The summed E-state index contributed by atoms with van der Waals surface area (Å²) in [7, 11) is 0. The number of nitrogens with zero attached hydrogens (tertiary/aromatic N) is 1. The van der Waals surface area contributed by atoms with E-state index in [-0.39, 0.29) is 5.91 Å². The third kappa shape index (κ3) is 2.44. The Balaban J connectivity index is 1.96. The third-order valence-electron chi connectivity index (χ3n) is 2.94. The predicted molar refractivity (Wildman–Crippen MR) is 59.2 cm³/mol.